The number of thiazole rings is 1. The predicted molar refractivity (Wildman–Crippen MR) is 80.4 cm³/mol. The topological polar surface area (TPSA) is 94.3 Å². The van der Waals surface area contributed by atoms with Gasteiger partial charge in [-0.25, -0.2) is 4.98 Å². The molecule has 0 aliphatic heterocycles. The Kier molecular flexibility index (Phi) is 5.26. The lowest BCUT2D eigenvalue weighted by atomic mass is 10.2. The fraction of sp³-hybridized carbons (Fsp3) is 0.154. The lowest BCUT2D eigenvalue weighted by Crippen LogP contribution is -2.18. The number of nitrogens with two attached hydrogens (primary N) is 1. The summed E-state index contributed by atoms with van der Waals surface area (Å²) in [4.78, 5) is 26.7. The van der Waals surface area contributed by atoms with Gasteiger partial charge in [-0.15, -0.1) is 0 Å². The van der Waals surface area contributed by atoms with Crippen molar-refractivity contribution < 1.29 is 14.3 Å². The van der Waals surface area contributed by atoms with Crippen molar-refractivity contribution in [3.8, 4) is 0 Å². The number of anilines is 1. The first-order valence-electron chi connectivity index (χ1n) is 5.93. The van der Waals surface area contributed by atoms with E-state index in [0.29, 0.717) is 10.2 Å². The van der Waals surface area contributed by atoms with Gasteiger partial charge >= 0.3 is 0 Å². The summed E-state index contributed by atoms with van der Waals surface area (Å²) in [7, 11) is 0. The van der Waals surface area contributed by atoms with Gasteiger partial charge in [-0.1, -0.05) is 41.1 Å². The SMILES string of the molecule is NC(=O)c1cnc(NC(=O)COCc2ccccc2Cl)s1. The fourth-order valence-electron chi connectivity index (χ4n) is 1.47. The number of ether oxygens (including phenoxy) is 1. The van der Waals surface area contributed by atoms with Crippen molar-refractivity contribution >= 4 is 39.9 Å². The predicted octanol–water partition coefficient (Wildman–Crippen LogP) is 2.05. The molecular formula is C13H12ClN3O3S. The molecular weight excluding hydrogens is 314 g/mol. The molecule has 8 heteroatoms. The monoisotopic (exact) mass is 325 g/mol. The Morgan fingerprint density at radius 3 is 2.81 bits per heavy atom. The summed E-state index contributed by atoms with van der Waals surface area (Å²) < 4.78 is 5.28. The maximum absolute atomic E-state index is 11.6. The molecule has 0 atom stereocenters. The molecule has 1 aromatic heterocycles. The van der Waals surface area contributed by atoms with Gasteiger partial charge in [0.15, 0.2) is 5.13 Å². The third kappa shape index (κ3) is 4.52. The van der Waals surface area contributed by atoms with Gasteiger partial charge in [-0.2, -0.15) is 0 Å². The molecule has 6 nitrogen and oxygen atoms in total. The minimum absolute atomic E-state index is 0.142. The highest BCUT2D eigenvalue weighted by atomic mass is 35.5. The van der Waals surface area contributed by atoms with Gasteiger partial charge < -0.3 is 10.5 Å². The van der Waals surface area contributed by atoms with Crippen LogP contribution in [0.3, 0.4) is 0 Å². The van der Waals surface area contributed by atoms with Crippen LogP contribution >= 0.6 is 22.9 Å². The fourth-order valence-corrected chi connectivity index (χ4v) is 2.35. The number of halogens is 1. The van der Waals surface area contributed by atoms with Gasteiger partial charge in [-0.05, 0) is 11.6 Å². The molecule has 0 bridgehead atoms. The molecule has 0 unspecified atom stereocenters. The number of hydrogen-bond acceptors (Lipinski definition) is 5. The van der Waals surface area contributed by atoms with E-state index in [0.717, 1.165) is 16.9 Å². The first kappa shape index (κ1) is 15.4. The normalized spacial score (nSPS) is 10.3. The van der Waals surface area contributed by atoms with Crippen molar-refractivity contribution in [2.24, 2.45) is 5.73 Å². The van der Waals surface area contributed by atoms with Crippen molar-refractivity contribution in [3.05, 3.63) is 45.9 Å². The quantitative estimate of drug-likeness (QED) is 0.849. The van der Waals surface area contributed by atoms with Crippen molar-refractivity contribution in [2.75, 3.05) is 11.9 Å². The number of rotatable bonds is 6. The van der Waals surface area contributed by atoms with E-state index >= 15 is 0 Å². The van der Waals surface area contributed by atoms with Gasteiger partial charge in [-0.3, -0.25) is 14.9 Å². The lowest BCUT2D eigenvalue weighted by Gasteiger charge is -2.05. The zero-order valence-corrected chi connectivity index (χ0v) is 12.4. The number of carbonyl (C=O) groups excluding carboxylic acids is 2. The molecule has 3 N–H and O–H groups in total. The number of benzene rings is 1. The van der Waals surface area contributed by atoms with E-state index in [2.05, 4.69) is 10.3 Å². The van der Waals surface area contributed by atoms with E-state index in [1.807, 2.05) is 18.2 Å². The molecule has 2 rings (SSSR count). The van der Waals surface area contributed by atoms with E-state index in [1.54, 1.807) is 6.07 Å². The minimum atomic E-state index is -0.581. The Labute approximate surface area is 129 Å². The smallest absolute Gasteiger partial charge is 0.260 e. The summed E-state index contributed by atoms with van der Waals surface area (Å²) in [6.45, 7) is 0.0915. The average Bonchev–Trinajstić information content (AvgIpc) is 2.89. The highest BCUT2D eigenvalue weighted by Crippen LogP contribution is 2.18. The molecule has 110 valence electrons. The van der Waals surface area contributed by atoms with Crippen molar-refractivity contribution in [2.45, 2.75) is 6.61 Å². The molecule has 1 aromatic carbocycles. The van der Waals surface area contributed by atoms with Gasteiger partial charge in [0, 0.05) is 5.02 Å². The van der Waals surface area contributed by atoms with Gasteiger partial charge in [0.2, 0.25) is 0 Å². The molecule has 0 spiro atoms. The molecule has 0 radical (unpaired) electrons. The Hall–Kier alpha value is -1.96. The maximum atomic E-state index is 11.6. The standard InChI is InChI=1S/C13H12ClN3O3S/c14-9-4-2-1-3-8(9)6-20-7-11(18)17-13-16-5-10(21-13)12(15)19/h1-5H,6-7H2,(H2,15,19)(H,16,17,18). The summed E-state index contributed by atoms with van der Waals surface area (Å²) >= 11 is 6.98. The summed E-state index contributed by atoms with van der Waals surface area (Å²) in [5, 5.41) is 3.41. The second-order valence-electron chi connectivity index (χ2n) is 4.03. The summed E-state index contributed by atoms with van der Waals surface area (Å²) in [6, 6.07) is 7.23. The van der Waals surface area contributed by atoms with Gasteiger partial charge in [0.25, 0.3) is 11.8 Å². The first-order chi connectivity index (χ1) is 10.1. The van der Waals surface area contributed by atoms with Crippen LogP contribution in [0.15, 0.2) is 30.5 Å². The zero-order chi connectivity index (χ0) is 15.2. The van der Waals surface area contributed by atoms with Gasteiger partial charge in [0.05, 0.1) is 12.8 Å². The van der Waals surface area contributed by atoms with Crippen LogP contribution in [0, 0.1) is 0 Å². The van der Waals surface area contributed by atoms with Crippen LogP contribution < -0.4 is 11.1 Å². The van der Waals surface area contributed by atoms with E-state index in [9.17, 15) is 9.59 Å². The van der Waals surface area contributed by atoms with E-state index in [-0.39, 0.29) is 24.0 Å². The highest BCUT2D eigenvalue weighted by Gasteiger charge is 2.10. The molecule has 2 amide bonds. The number of carbonyl (C=O) groups is 2. The molecule has 0 saturated carbocycles. The van der Waals surface area contributed by atoms with Crippen LogP contribution in [0.4, 0.5) is 5.13 Å². The summed E-state index contributed by atoms with van der Waals surface area (Å²) in [5.41, 5.74) is 5.90. The van der Waals surface area contributed by atoms with Crippen LogP contribution in [0.5, 0.6) is 0 Å². The van der Waals surface area contributed by atoms with Gasteiger partial charge in [0.1, 0.15) is 11.5 Å². The van der Waals surface area contributed by atoms with Crippen molar-refractivity contribution in [1.29, 1.82) is 0 Å². The van der Waals surface area contributed by atoms with Crippen LogP contribution in [-0.2, 0) is 16.1 Å². The van der Waals surface area contributed by atoms with Crippen molar-refractivity contribution in [1.82, 2.24) is 4.98 Å². The van der Waals surface area contributed by atoms with Crippen LogP contribution in [-0.4, -0.2) is 23.4 Å². The number of hydrogen-bond donors (Lipinski definition) is 2. The number of primary amides is 1. The largest absolute Gasteiger partial charge is 0.367 e. The van der Waals surface area contributed by atoms with Crippen molar-refractivity contribution in [3.63, 3.8) is 0 Å². The molecule has 0 fully saturated rings. The Balaban J connectivity index is 1.79. The van der Waals surface area contributed by atoms with Crippen LogP contribution in [0.1, 0.15) is 15.2 Å². The number of nitrogens with one attached hydrogen (secondary N) is 1. The zero-order valence-electron chi connectivity index (χ0n) is 10.8. The Bertz CT molecular complexity index is 660. The molecule has 21 heavy (non-hydrogen) atoms. The van der Waals surface area contributed by atoms with E-state index < -0.39 is 5.91 Å². The number of nitrogens with zero attached hydrogens (tertiary/aromatic N) is 1. The summed E-state index contributed by atoms with van der Waals surface area (Å²) in [5.74, 6) is -0.949. The average molecular weight is 326 g/mol. The Morgan fingerprint density at radius 1 is 1.38 bits per heavy atom. The second-order valence-corrected chi connectivity index (χ2v) is 5.46. The molecule has 1 heterocycles. The summed E-state index contributed by atoms with van der Waals surface area (Å²) in [6.07, 6.45) is 1.31. The van der Waals surface area contributed by atoms with E-state index in [1.165, 1.54) is 6.20 Å². The highest BCUT2D eigenvalue weighted by molar-refractivity contribution is 7.17. The molecule has 0 saturated heterocycles. The third-order valence-electron chi connectivity index (χ3n) is 2.44. The molecule has 0 aliphatic rings. The lowest BCUT2D eigenvalue weighted by molar-refractivity contribution is -0.121. The van der Waals surface area contributed by atoms with E-state index in [4.69, 9.17) is 22.1 Å². The minimum Gasteiger partial charge on any atom is -0.367 e. The van der Waals surface area contributed by atoms with Crippen LogP contribution in [0.25, 0.3) is 0 Å². The maximum Gasteiger partial charge on any atom is 0.260 e. The second kappa shape index (κ2) is 7.16. The molecule has 2 aromatic rings. The first-order valence-corrected chi connectivity index (χ1v) is 7.12. The number of amides is 2. The third-order valence-corrected chi connectivity index (χ3v) is 3.74. The Morgan fingerprint density at radius 2 is 2.14 bits per heavy atom. The van der Waals surface area contributed by atoms with Crippen LogP contribution in [0.2, 0.25) is 5.02 Å². The number of aromatic nitrogens is 1. The molecule has 0 aliphatic carbocycles.